The van der Waals surface area contributed by atoms with Crippen molar-refractivity contribution in [2.24, 2.45) is 5.73 Å². The van der Waals surface area contributed by atoms with Gasteiger partial charge in [-0.05, 0) is 25.1 Å². The van der Waals surface area contributed by atoms with Crippen molar-refractivity contribution in [3.05, 3.63) is 35.5 Å². The van der Waals surface area contributed by atoms with Gasteiger partial charge in [0.05, 0.1) is 12.2 Å². The van der Waals surface area contributed by atoms with Gasteiger partial charge in [-0.3, -0.25) is 4.79 Å². The first kappa shape index (κ1) is 8.97. The van der Waals surface area contributed by atoms with Gasteiger partial charge in [0, 0.05) is 10.9 Å². The molecule has 0 fully saturated rings. The predicted octanol–water partition coefficient (Wildman–Crippen LogP) is 1.62. The zero-order valence-electron chi connectivity index (χ0n) is 8.00. The number of Topliss-reactive ketones (excluding diaryl/α,β-unsaturated/α-hetero) is 1. The summed E-state index contributed by atoms with van der Waals surface area (Å²) < 4.78 is 0. The van der Waals surface area contributed by atoms with Crippen LogP contribution >= 0.6 is 0 Å². The molecule has 0 aliphatic heterocycles. The van der Waals surface area contributed by atoms with Crippen LogP contribution in [-0.4, -0.2) is 17.3 Å². The fourth-order valence-corrected chi connectivity index (χ4v) is 1.51. The molecular weight excluding hydrogens is 176 g/mol. The summed E-state index contributed by atoms with van der Waals surface area (Å²) in [4.78, 5) is 14.4. The Labute approximate surface area is 81.9 Å². The number of aromatic nitrogens is 1. The van der Waals surface area contributed by atoms with Crippen molar-refractivity contribution in [1.82, 2.24) is 4.98 Å². The third kappa shape index (κ3) is 1.42. The van der Waals surface area contributed by atoms with Crippen LogP contribution in [0.3, 0.4) is 0 Å². The molecule has 1 heterocycles. The van der Waals surface area contributed by atoms with Crippen molar-refractivity contribution >= 4 is 16.7 Å². The summed E-state index contributed by atoms with van der Waals surface area (Å²) in [5.41, 5.74) is 8.04. The zero-order valence-corrected chi connectivity index (χ0v) is 8.00. The van der Waals surface area contributed by atoms with Crippen LogP contribution in [0.25, 0.3) is 10.9 Å². The molecule has 0 saturated carbocycles. The molecule has 0 spiro atoms. The Hall–Kier alpha value is -1.61. The number of fused-ring (bicyclic) bond motifs is 1. The first-order valence-electron chi connectivity index (χ1n) is 4.53. The number of benzene rings is 1. The van der Waals surface area contributed by atoms with Crippen molar-refractivity contribution < 1.29 is 4.79 Å². The lowest BCUT2D eigenvalue weighted by molar-refractivity contribution is 0.0997. The molecule has 0 atom stereocenters. The summed E-state index contributed by atoms with van der Waals surface area (Å²) in [7, 11) is 0. The second-order valence-electron chi connectivity index (χ2n) is 3.40. The second-order valence-corrected chi connectivity index (χ2v) is 3.40. The standard InChI is InChI=1S/C11H12N2O/c1-7-2-3-9-8(4-7)5-10(13-9)11(14)6-12/h2-5,13H,6,12H2,1H3. The molecule has 3 N–H and O–H groups in total. The van der Waals surface area contributed by atoms with Crippen molar-refractivity contribution in [1.29, 1.82) is 0 Å². The Balaban J connectivity index is 2.56. The highest BCUT2D eigenvalue weighted by atomic mass is 16.1. The molecule has 0 aliphatic rings. The Bertz CT molecular complexity index is 485. The molecule has 14 heavy (non-hydrogen) atoms. The molecule has 0 saturated heterocycles. The highest BCUT2D eigenvalue weighted by Gasteiger charge is 2.06. The van der Waals surface area contributed by atoms with Gasteiger partial charge in [0.1, 0.15) is 0 Å². The van der Waals surface area contributed by atoms with Crippen molar-refractivity contribution in [2.75, 3.05) is 6.54 Å². The predicted molar refractivity (Wildman–Crippen MR) is 56.4 cm³/mol. The topological polar surface area (TPSA) is 58.9 Å². The number of hydrogen-bond donors (Lipinski definition) is 2. The molecule has 2 aromatic rings. The SMILES string of the molecule is Cc1ccc2[nH]c(C(=O)CN)cc2c1. The number of ketones is 1. The second kappa shape index (κ2) is 3.27. The third-order valence-electron chi connectivity index (χ3n) is 2.26. The maximum atomic E-state index is 11.3. The first-order valence-corrected chi connectivity index (χ1v) is 4.53. The van der Waals surface area contributed by atoms with E-state index >= 15 is 0 Å². The molecular formula is C11H12N2O. The molecule has 3 heteroatoms. The van der Waals surface area contributed by atoms with E-state index in [-0.39, 0.29) is 12.3 Å². The molecule has 0 unspecified atom stereocenters. The van der Waals surface area contributed by atoms with Crippen LogP contribution in [0.4, 0.5) is 0 Å². The summed E-state index contributed by atoms with van der Waals surface area (Å²) >= 11 is 0. The molecule has 2 rings (SSSR count). The largest absolute Gasteiger partial charge is 0.352 e. The highest BCUT2D eigenvalue weighted by molar-refractivity contribution is 6.00. The van der Waals surface area contributed by atoms with Crippen LogP contribution in [0, 0.1) is 6.92 Å². The number of nitrogens with two attached hydrogens (primary N) is 1. The Morgan fingerprint density at radius 3 is 2.93 bits per heavy atom. The van der Waals surface area contributed by atoms with Gasteiger partial charge < -0.3 is 10.7 Å². The minimum atomic E-state index is -0.0566. The van der Waals surface area contributed by atoms with E-state index in [1.165, 1.54) is 5.56 Å². The van der Waals surface area contributed by atoms with Crippen LogP contribution < -0.4 is 5.73 Å². The van der Waals surface area contributed by atoms with E-state index in [0.717, 1.165) is 10.9 Å². The van der Waals surface area contributed by atoms with E-state index in [2.05, 4.69) is 4.98 Å². The third-order valence-corrected chi connectivity index (χ3v) is 2.26. The fourth-order valence-electron chi connectivity index (χ4n) is 1.51. The lowest BCUT2D eigenvalue weighted by Crippen LogP contribution is -2.13. The normalized spacial score (nSPS) is 10.7. The van der Waals surface area contributed by atoms with Crippen molar-refractivity contribution in [3.63, 3.8) is 0 Å². The van der Waals surface area contributed by atoms with Gasteiger partial charge in [-0.25, -0.2) is 0 Å². The fraction of sp³-hybridized carbons (Fsp3) is 0.182. The van der Waals surface area contributed by atoms with E-state index in [9.17, 15) is 4.79 Å². The van der Waals surface area contributed by atoms with E-state index in [4.69, 9.17) is 5.73 Å². The molecule has 3 nitrogen and oxygen atoms in total. The van der Waals surface area contributed by atoms with E-state index in [0.29, 0.717) is 5.69 Å². The molecule has 0 aliphatic carbocycles. The molecule has 1 aromatic heterocycles. The Morgan fingerprint density at radius 2 is 2.21 bits per heavy atom. The molecule has 0 amide bonds. The smallest absolute Gasteiger partial charge is 0.192 e. The monoisotopic (exact) mass is 188 g/mol. The summed E-state index contributed by atoms with van der Waals surface area (Å²) in [6.07, 6.45) is 0. The van der Waals surface area contributed by atoms with Crippen LogP contribution in [0.2, 0.25) is 0 Å². The number of H-pyrrole nitrogens is 1. The number of hydrogen-bond acceptors (Lipinski definition) is 2. The van der Waals surface area contributed by atoms with Crippen LogP contribution in [0.5, 0.6) is 0 Å². The quantitative estimate of drug-likeness (QED) is 0.703. The molecule has 0 radical (unpaired) electrons. The van der Waals surface area contributed by atoms with Gasteiger partial charge in [0.2, 0.25) is 0 Å². The average Bonchev–Trinajstić information content (AvgIpc) is 2.59. The van der Waals surface area contributed by atoms with E-state index < -0.39 is 0 Å². The minimum absolute atomic E-state index is 0.0474. The Morgan fingerprint density at radius 1 is 1.43 bits per heavy atom. The number of aryl methyl sites for hydroxylation is 1. The van der Waals surface area contributed by atoms with Crippen LogP contribution in [0.1, 0.15) is 16.1 Å². The first-order chi connectivity index (χ1) is 6.70. The minimum Gasteiger partial charge on any atom is -0.352 e. The van der Waals surface area contributed by atoms with Gasteiger partial charge in [-0.15, -0.1) is 0 Å². The number of rotatable bonds is 2. The number of nitrogens with one attached hydrogen (secondary N) is 1. The van der Waals surface area contributed by atoms with Crippen LogP contribution in [0.15, 0.2) is 24.3 Å². The van der Waals surface area contributed by atoms with Crippen molar-refractivity contribution in [3.8, 4) is 0 Å². The summed E-state index contributed by atoms with van der Waals surface area (Å²) in [5, 5.41) is 1.06. The van der Waals surface area contributed by atoms with Gasteiger partial charge in [0.15, 0.2) is 5.78 Å². The Kier molecular flexibility index (Phi) is 2.09. The lowest BCUT2D eigenvalue weighted by atomic mass is 10.2. The summed E-state index contributed by atoms with van der Waals surface area (Å²) in [5.74, 6) is -0.0566. The highest BCUT2D eigenvalue weighted by Crippen LogP contribution is 2.16. The molecule has 1 aromatic carbocycles. The molecule has 0 bridgehead atoms. The van der Waals surface area contributed by atoms with Crippen molar-refractivity contribution in [2.45, 2.75) is 6.92 Å². The lowest BCUT2D eigenvalue weighted by Gasteiger charge is -1.91. The summed E-state index contributed by atoms with van der Waals surface area (Å²) in [6, 6.07) is 7.87. The van der Waals surface area contributed by atoms with Gasteiger partial charge in [-0.2, -0.15) is 0 Å². The summed E-state index contributed by atoms with van der Waals surface area (Å²) in [6.45, 7) is 2.07. The molecule has 72 valence electrons. The van der Waals surface area contributed by atoms with Gasteiger partial charge in [0.25, 0.3) is 0 Å². The number of carbonyl (C=O) groups is 1. The van der Waals surface area contributed by atoms with E-state index in [1.807, 2.05) is 31.2 Å². The maximum absolute atomic E-state index is 11.3. The van der Waals surface area contributed by atoms with Gasteiger partial charge >= 0.3 is 0 Å². The number of aromatic amines is 1. The maximum Gasteiger partial charge on any atom is 0.192 e. The van der Waals surface area contributed by atoms with Gasteiger partial charge in [-0.1, -0.05) is 11.6 Å². The zero-order chi connectivity index (χ0) is 10.1. The number of carbonyl (C=O) groups excluding carboxylic acids is 1. The van der Waals surface area contributed by atoms with Crippen LogP contribution in [-0.2, 0) is 0 Å². The average molecular weight is 188 g/mol. The van der Waals surface area contributed by atoms with E-state index in [1.54, 1.807) is 0 Å².